The van der Waals surface area contributed by atoms with Crippen molar-refractivity contribution in [2.75, 3.05) is 47.3 Å². The molecule has 1 heterocycles. The van der Waals surface area contributed by atoms with Gasteiger partial charge in [0.15, 0.2) is 0 Å². The molecule has 11 nitrogen and oxygen atoms in total. The summed E-state index contributed by atoms with van der Waals surface area (Å²) in [4.78, 5) is 49.4. The topological polar surface area (TPSA) is 121 Å². The van der Waals surface area contributed by atoms with Gasteiger partial charge in [-0.2, -0.15) is 0 Å². The number of nitrogens with zero attached hydrogens (tertiary/aromatic N) is 2. The molecule has 1 saturated heterocycles. The van der Waals surface area contributed by atoms with E-state index in [9.17, 15) is 19.2 Å². The fourth-order valence-electron chi connectivity index (χ4n) is 5.58. The predicted octanol–water partition coefficient (Wildman–Crippen LogP) is 7.63. The standard InChI is InChI=1S/C17H23NO4.C13H23NOSi.C8H12O4.2F2.2FH/c1-13(22-14(2)19)17(16(20)21-3)9-10-18(12-17)11-15-7-5-4-6-8-15;1-15-11-14(12-16(2,3)4)10-13-8-6-5-7-9-13;1-5(8(10)11-4)6(2)12-7(3)9;2*1-2;;/h4-8,13H,9-12H2,1-3H3;5-9H,10-12H2,1-4H3;6H,1H2,2-4H3;;;2*1H. The summed E-state index contributed by atoms with van der Waals surface area (Å²) in [5.41, 5.74) is 1.91. The maximum Gasteiger partial charge on any atom is 0.336 e. The number of hydrogen-bond donors (Lipinski definition) is 0. The van der Waals surface area contributed by atoms with E-state index in [2.05, 4.69) is 83.2 Å². The number of hydrogen-bond acceptors (Lipinski definition) is 11. The third kappa shape index (κ3) is 23.6. The van der Waals surface area contributed by atoms with Gasteiger partial charge in [-0.05, 0) is 44.1 Å². The Bertz CT molecular complexity index is 1380. The highest BCUT2D eigenvalue weighted by molar-refractivity contribution is 6.76. The number of likely N-dealkylation sites (tertiary alicyclic amines) is 1. The first-order chi connectivity index (χ1) is 25.5. The molecule has 0 aliphatic carbocycles. The van der Waals surface area contributed by atoms with Crippen LogP contribution in [0.25, 0.3) is 0 Å². The Morgan fingerprint density at radius 3 is 1.71 bits per heavy atom. The number of esters is 4. The maximum atomic E-state index is 12.3. The van der Waals surface area contributed by atoms with E-state index in [1.165, 1.54) is 45.4 Å². The number of carbonyl (C=O) groups excluding carboxylic acids is 4. The van der Waals surface area contributed by atoms with Gasteiger partial charge in [0.2, 0.25) is 0 Å². The van der Waals surface area contributed by atoms with E-state index in [-0.39, 0.29) is 26.9 Å². The summed E-state index contributed by atoms with van der Waals surface area (Å²) < 4.78 is 56.6. The van der Waals surface area contributed by atoms with Crippen molar-refractivity contribution in [1.82, 2.24) is 9.80 Å². The van der Waals surface area contributed by atoms with Crippen LogP contribution in [0.2, 0.25) is 19.6 Å². The quantitative estimate of drug-likeness (QED) is 0.0467. The van der Waals surface area contributed by atoms with E-state index in [0.717, 1.165) is 26.4 Å². The molecular formula is C38H60F6N2O9Si. The SMILES string of the molecule is C=C(C(=O)OC)C(C)OC(C)=O.COC(=O)C1(C(C)OC(C)=O)CCN(Cc2ccccc2)C1.COCN(Cc1ccccc1)C[Si](C)(C)C.F.F.FF.FF. The molecule has 0 aromatic heterocycles. The van der Waals surface area contributed by atoms with Crippen molar-refractivity contribution in [3.05, 3.63) is 83.9 Å². The number of benzene rings is 2. The smallest absolute Gasteiger partial charge is 0.336 e. The molecule has 0 saturated carbocycles. The molecule has 0 amide bonds. The molecule has 3 unspecified atom stereocenters. The molecule has 0 N–H and O–H groups in total. The van der Waals surface area contributed by atoms with E-state index >= 15 is 0 Å². The van der Waals surface area contributed by atoms with Crippen LogP contribution >= 0.6 is 0 Å². The van der Waals surface area contributed by atoms with Gasteiger partial charge in [-0.25, -0.2) is 4.79 Å². The van der Waals surface area contributed by atoms with Crippen LogP contribution in [-0.4, -0.2) is 101 Å². The van der Waals surface area contributed by atoms with Gasteiger partial charge < -0.3 is 23.7 Å². The van der Waals surface area contributed by atoms with E-state index in [1.807, 2.05) is 18.2 Å². The summed E-state index contributed by atoms with van der Waals surface area (Å²) in [5, 5.41) is 0. The molecule has 0 spiro atoms. The van der Waals surface area contributed by atoms with E-state index in [1.54, 1.807) is 21.0 Å². The molecule has 0 bridgehead atoms. The van der Waals surface area contributed by atoms with Crippen LogP contribution in [0.1, 0.15) is 45.2 Å². The van der Waals surface area contributed by atoms with Gasteiger partial charge in [0.25, 0.3) is 0 Å². The van der Waals surface area contributed by atoms with Crippen LogP contribution in [0.15, 0.2) is 72.8 Å². The van der Waals surface area contributed by atoms with E-state index < -0.39 is 37.6 Å². The van der Waals surface area contributed by atoms with Gasteiger partial charge in [-0.3, -0.25) is 33.6 Å². The minimum atomic E-state index is -1.07. The lowest BCUT2D eigenvalue weighted by Gasteiger charge is -2.32. The number of halogens is 6. The Hall–Kier alpha value is -4.26. The summed E-state index contributed by atoms with van der Waals surface area (Å²) in [6.45, 7) is 20.3. The van der Waals surface area contributed by atoms with Gasteiger partial charge in [0.1, 0.15) is 17.6 Å². The zero-order valence-corrected chi connectivity index (χ0v) is 35.0. The molecule has 2 aromatic carbocycles. The molecular weight excluding hydrogens is 770 g/mol. The van der Waals surface area contributed by atoms with Gasteiger partial charge in [-0.1, -0.05) is 86.9 Å². The Balaban J connectivity index is -0.000000355. The number of rotatable bonds is 14. The normalized spacial score (nSPS) is 15.2. The maximum absolute atomic E-state index is 12.3. The van der Waals surface area contributed by atoms with Crippen molar-refractivity contribution in [3.8, 4) is 0 Å². The summed E-state index contributed by atoms with van der Waals surface area (Å²) in [6.07, 6.45) is 0.671. The second-order valence-corrected chi connectivity index (χ2v) is 19.0. The fraction of sp³-hybridized carbons (Fsp3) is 0.526. The zero-order valence-electron chi connectivity index (χ0n) is 34.0. The van der Waals surface area contributed by atoms with E-state index in [0.29, 0.717) is 13.0 Å². The average Bonchev–Trinajstić information content (AvgIpc) is 3.57. The molecule has 3 atom stereocenters. The van der Waals surface area contributed by atoms with Crippen molar-refractivity contribution in [1.29, 1.82) is 0 Å². The summed E-state index contributed by atoms with van der Waals surface area (Å²) in [7, 11) is 3.32. The van der Waals surface area contributed by atoms with Crippen molar-refractivity contribution < 1.29 is 70.6 Å². The van der Waals surface area contributed by atoms with Crippen LogP contribution in [0.4, 0.5) is 27.7 Å². The second kappa shape index (κ2) is 31.9. The number of carbonyl (C=O) groups is 4. The first-order valence-corrected chi connectivity index (χ1v) is 20.7. The summed E-state index contributed by atoms with van der Waals surface area (Å²) in [5.74, 6) is -1.70. The highest BCUT2D eigenvalue weighted by atomic mass is 28.3. The Labute approximate surface area is 327 Å². The molecule has 3 rings (SSSR count). The molecule has 0 radical (unpaired) electrons. The Morgan fingerprint density at radius 2 is 1.30 bits per heavy atom. The first kappa shape index (κ1) is 58.4. The van der Waals surface area contributed by atoms with E-state index in [4.69, 9.17) is 37.2 Å². The van der Waals surface area contributed by atoms with Crippen LogP contribution in [0.3, 0.4) is 0 Å². The Kier molecular flexibility index (Phi) is 33.3. The molecule has 1 fully saturated rings. The summed E-state index contributed by atoms with van der Waals surface area (Å²) in [6, 6.07) is 20.7. The lowest BCUT2D eigenvalue weighted by molar-refractivity contribution is -0.168. The van der Waals surface area contributed by atoms with Gasteiger partial charge in [-0.15, -0.1) is 0 Å². The second-order valence-electron chi connectivity index (χ2n) is 13.6. The largest absolute Gasteiger partial charge is 0.468 e. The van der Waals surface area contributed by atoms with Crippen LogP contribution in [0.5, 0.6) is 0 Å². The third-order valence-corrected chi connectivity index (χ3v) is 9.28. The van der Waals surface area contributed by atoms with Crippen LogP contribution < -0.4 is 0 Å². The lowest BCUT2D eigenvalue weighted by Crippen LogP contribution is -2.46. The van der Waals surface area contributed by atoms with Crippen LogP contribution in [0, 0.1) is 5.41 Å². The minimum Gasteiger partial charge on any atom is -0.468 e. The first-order valence-electron chi connectivity index (χ1n) is 17.0. The van der Waals surface area contributed by atoms with Crippen molar-refractivity contribution >= 4 is 32.0 Å². The number of methoxy groups -OCH3 is 3. The highest BCUT2D eigenvalue weighted by Gasteiger charge is 2.51. The van der Waals surface area contributed by atoms with Crippen LogP contribution in [-0.2, 0) is 56.0 Å². The van der Waals surface area contributed by atoms with Gasteiger partial charge >= 0.3 is 23.9 Å². The average molecular weight is 831 g/mol. The van der Waals surface area contributed by atoms with Crippen molar-refractivity contribution in [2.24, 2.45) is 5.41 Å². The molecule has 322 valence electrons. The number of ether oxygens (including phenoxy) is 5. The zero-order chi connectivity index (χ0) is 41.9. The Morgan fingerprint density at radius 1 is 0.821 bits per heavy atom. The lowest BCUT2D eigenvalue weighted by atomic mass is 9.81. The molecule has 2 aromatic rings. The minimum absolute atomic E-state index is 0. The van der Waals surface area contributed by atoms with Gasteiger partial charge in [0.05, 0.1) is 34.6 Å². The van der Waals surface area contributed by atoms with Gasteiger partial charge in [0, 0.05) is 58.9 Å². The highest BCUT2D eigenvalue weighted by Crippen LogP contribution is 2.37. The predicted molar refractivity (Wildman–Crippen MR) is 206 cm³/mol. The van der Waals surface area contributed by atoms with Crippen molar-refractivity contribution in [2.45, 2.75) is 79.1 Å². The molecule has 1 aliphatic rings. The fourth-order valence-corrected chi connectivity index (χ4v) is 7.12. The van der Waals surface area contributed by atoms with Crippen molar-refractivity contribution in [3.63, 3.8) is 0 Å². The summed E-state index contributed by atoms with van der Waals surface area (Å²) >= 11 is 0. The molecule has 18 heteroatoms. The molecule has 1 aliphatic heterocycles. The third-order valence-electron chi connectivity index (χ3n) is 7.88. The monoisotopic (exact) mass is 830 g/mol. The molecule has 56 heavy (non-hydrogen) atoms.